The molecule has 3 saturated carbocycles. The number of aromatic nitrogens is 1. The van der Waals surface area contributed by atoms with Crippen LogP contribution in [0.4, 0.5) is 4.79 Å². The summed E-state index contributed by atoms with van der Waals surface area (Å²) < 4.78 is 5.51. The zero-order valence-electron chi connectivity index (χ0n) is 30.5. The van der Waals surface area contributed by atoms with E-state index in [0.29, 0.717) is 30.7 Å². The van der Waals surface area contributed by atoms with Crippen molar-refractivity contribution in [3.8, 4) is 5.75 Å². The minimum atomic E-state index is -1.57. The smallest absolute Gasteiger partial charge is 0.286 e. The molecule has 1 aliphatic heterocycles. The maximum Gasteiger partial charge on any atom is 0.286 e. The number of carbonyl (C=O) groups excluding carboxylic acids is 5. The quantitative estimate of drug-likeness (QED) is 0.264. The normalized spacial score (nSPS) is 34.2. The lowest BCUT2D eigenvalue weighted by Gasteiger charge is -2.60. The second-order valence-electron chi connectivity index (χ2n) is 15.6. The fourth-order valence-corrected chi connectivity index (χ4v) is 10.7. The molecule has 12 heteroatoms. The molecule has 0 bridgehead atoms. The summed E-state index contributed by atoms with van der Waals surface area (Å²) in [5.74, 6) is 0.0423. The summed E-state index contributed by atoms with van der Waals surface area (Å²) in [6, 6.07) is 10.7. The third-order valence-electron chi connectivity index (χ3n) is 12.6. The van der Waals surface area contributed by atoms with Crippen molar-refractivity contribution in [1.82, 2.24) is 10.3 Å². The van der Waals surface area contributed by atoms with Crippen molar-refractivity contribution < 1.29 is 44.0 Å². The molecule has 1 unspecified atom stereocenters. The first-order valence-corrected chi connectivity index (χ1v) is 19.2. The molecule has 4 aliphatic carbocycles. The van der Waals surface area contributed by atoms with E-state index < -0.39 is 34.8 Å². The minimum Gasteiger partial charge on any atom is -0.485 e. The van der Waals surface area contributed by atoms with Gasteiger partial charge in [0.25, 0.3) is 5.24 Å². The molecule has 4 fully saturated rings. The molecule has 5 aliphatic rings. The van der Waals surface area contributed by atoms with Gasteiger partial charge < -0.3 is 20.1 Å². The summed E-state index contributed by atoms with van der Waals surface area (Å²) in [6.45, 7) is 7.42. The third kappa shape index (κ3) is 7.18. The Hall–Kier alpha value is -3.97. The molecule has 1 aromatic heterocycles. The summed E-state index contributed by atoms with van der Waals surface area (Å²) in [6.07, 6.45) is 9.91. The highest BCUT2D eigenvalue weighted by Gasteiger charge is 2.68. The van der Waals surface area contributed by atoms with Crippen LogP contribution >= 0.6 is 11.8 Å². The Morgan fingerprint density at radius 1 is 1.08 bits per heavy atom. The summed E-state index contributed by atoms with van der Waals surface area (Å²) in [4.78, 5) is 63.4. The Morgan fingerprint density at radius 3 is 2.42 bits per heavy atom. The van der Waals surface area contributed by atoms with Crippen LogP contribution in [-0.4, -0.2) is 79.0 Å². The number of aliphatic hydroxyl groups excluding tert-OH is 2. The maximum absolute atomic E-state index is 12.4. The largest absolute Gasteiger partial charge is 0.485 e. The molecule has 7 rings (SSSR count). The molecular weight excluding hydrogens is 697 g/mol. The molecule has 282 valence electrons. The first-order valence-electron chi connectivity index (χ1n) is 18.3. The van der Waals surface area contributed by atoms with E-state index in [4.69, 9.17) is 4.74 Å². The molecule has 1 saturated heterocycles. The lowest BCUT2D eigenvalue weighted by atomic mass is 9.45. The van der Waals surface area contributed by atoms with Gasteiger partial charge >= 0.3 is 0 Å². The molecule has 0 radical (unpaired) electrons. The Morgan fingerprint density at radius 2 is 1.79 bits per heavy atom. The summed E-state index contributed by atoms with van der Waals surface area (Å²) in [5.41, 5.74) is 0.789. The first kappa shape index (κ1) is 38.7. The molecule has 4 N–H and O–H groups in total. The predicted octanol–water partition coefficient (Wildman–Crippen LogP) is 4.60. The number of Topliss-reactive ketones (excluding diaryl/α,β-unsaturated/α-hetero) is 2. The number of allylic oxidation sites excluding steroid dienone is 4. The number of ketones is 3. The predicted molar refractivity (Wildman–Crippen MR) is 198 cm³/mol. The van der Waals surface area contributed by atoms with Crippen LogP contribution in [0.25, 0.3) is 0 Å². The summed E-state index contributed by atoms with van der Waals surface area (Å²) in [7, 11) is 0. The van der Waals surface area contributed by atoms with Gasteiger partial charge in [-0.25, -0.2) is 0 Å². The Labute approximate surface area is 313 Å². The zero-order valence-corrected chi connectivity index (χ0v) is 31.4. The van der Waals surface area contributed by atoms with Crippen molar-refractivity contribution in [3.05, 3.63) is 83.2 Å². The number of rotatable bonds is 9. The lowest BCUT2D eigenvalue weighted by Crippen LogP contribution is -2.62. The monoisotopic (exact) mass is 744 g/mol. The molecule has 11 nitrogen and oxygen atoms in total. The number of hydrogen-bond acceptors (Lipinski definition) is 11. The highest BCUT2D eigenvalue weighted by Crippen LogP contribution is 2.67. The van der Waals surface area contributed by atoms with Crippen LogP contribution in [0, 0.1) is 34.5 Å². The van der Waals surface area contributed by atoms with Crippen LogP contribution in [0.3, 0.4) is 0 Å². The topological polar surface area (TPSA) is 180 Å². The van der Waals surface area contributed by atoms with E-state index in [-0.39, 0.29) is 58.4 Å². The van der Waals surface area contributed by atoms with Crippen molar-refractivity contribution in [3.63, 3.8) is 0 Å². The van der Waals surface area contributed by atoms with E-state index in [9.17, 15) is 39.3 Å². The average molecular weight is 745 g/mol. The van der Waals surface area contributed by atoms with Gasteiger partial charge in [-0.15, -0.1) is 0 Å². The molecular formula is C41H48N2O9S. The van der Waals surface area contributed by atoms with E-state index in [1.807, 2.05) is 38.1 Å². The lowest BCUT2D eigenvalue weighted by molar-refractivity contribution is -0.180. The highest BCUT2D eigenvalue weighted by atomic mass is 32.2. The van der Waals surface area contributed by atoms with Crippen molar-refractivity contribution in [1.29, 1.82) is 0 Å². The molecule has 2 heterocycles. The first-order chi connectivity index (χ1) is 25.1. The number of imide groups is 1. The number of ether oxygens (including phenoxy) is 1. The van der Waals surface area contributed by atoms with Gasteiger partial charge in [0.15, 0.2) is 18.2 Å². The van der Waals surface area contributed by atoms with Crippen molar-refractivity contribution in [2.75, 3.05) is 13.2 Å². The summed E-state index contributed by atoms with van der Waals surface area (Å²) >= 11 is 1.00. The number of amides is 2. The number of aryl methyl sites for hydroxylation is 1. The van der Waals surface area contributed by atoms with Gasteiger partial charge in [0.1, 0.15) is 23.7 Å². The second-order valence-corrected chi connectivity index (χ2v) is 16.7. The van der Waals surface area contributed by atoms with Gasteiger partial charge in [-0.1, -0.05) is 69.3 Å². The number of thioether (sulfide) groups is 1. The number of aliphatic hydroxyl groups is 3. The van der Waals surface area contributed by atoms with Gasteiger partial charge in [0, 0.05) is 22.9 Å². The number of nitrogens with zero attached hydrogens (tertiary/aromatic N) is 1. The van der Waals surface area contributed by atoms with Crippen LogP contribution in [-0.2, 0) is 27.2 Å². The second kappa shape index (κ2) is 15.0. The van der Waals surface area contributed by atoms with Crippen molar-refractivity contribution in [2.24, 2.45) is 34.5 Å². The fourth-order valence-electron chi connectivity index (χ4n) is 9.83. The SMILES string of the molecule is CCc1ccc(C(=O)COc2ccc(CC3SC(=O)NC3=O)cc2)nc1.C[C@H]1C[C@@H]2[C@H]([C@@H](O)C[C@@]3(C)[C@H]2CC[C@]3(O)C(=O)CO)[C@@]2(C)C=CC(=O)C=C12. The van der Waals surface area contributed by atoms with E-state index in [0.717, 1.165) is 47.7 Å². The van der Waals surface area contributed by atoms with E-state index >= 15 is 0 Å². The summed E-state index contributed by atoms with van der Waals surface area (Å²) in [5, 5.41) is 33.4. The van der Waals surface area contributed by atoms with Gasteiger partial charge in [-0.3, -0.25) is 34.3 Å². The van der Waals surface area contributed by atoms with Gasteiger partial charge in [-0.2, -0.15) is 0 Å². The van der Waals surface area contributed by atoms with E-state index in [2.05, 4.69) is 24.1 Å². The Kier molecular flexibility index (Phi) is 11.0. The van der Waals surface area contributed by atoms with Crippen LogP contribution < -0.4 is 10.1 Å². The van der Waals surface area contributed by atoms with Crippen LogP contribution in [0.1, 0.15) is 75.0 Å². The number of nitrogens with one attached hydrogen (secondary N) is 1. The van der Waals surface area contributed by atoms with E-state index in [1.54, 1.807) is 36.5 Å². The standard InChI is InChI=1S/C22H30O5.C19H18N2O4S/c1-12-8-14-15-5-7-22(27,18(26)11-23)21(15,3)10-17(25)19(14)20(2)6-4-13(24)9-16(12)20;1-2-12-5-8-15(20-10-12)16(22)11-25-14-6-3-13(4-7-14)9-17-18(23)21-19(24)26-17/h4,6,9,12,14-15,17,19,23,25,27H,5,7-8,10-11H2,1-3H3;3-8,10,17H,2,9,11H2,1H3,(H,21,23,24)/t12-,14-,15-,17-,19+,20-,21-,22-;/m0./s1. The molecule has 0 spiro atoms. The molecule has 2 aromatic rings. The van der Waals surface area contributed by atoms with Crippen molar-refractivity contribution in [2.45, 2.75) is 83.2 Å². The molecule has 2 amide bonds. The average Bonchev–Trinajstić information content (AvgIpc) is 3.60. The Balaban J connectivity index is 0.000000182. The van der Waals surface area contributed by atoms with Crippen molar-refractivity contribution >= 4 is 40.3 Å². The number of pyridine rings is 1. The molecule has 9 atom stereocenters. The van der Waals surface area contributed by atoms with Gasteiger partial charge in [-0.05, 0) is 97.8 Å². The number of carbonyl (C=O) groups is 5. The highest BCUT2D eigenvalue weighted by molar-refractivity contribution is 8.15. The Bertz CT molecular complexity index is 1840. The number of benzene rings is 1. The van der Waals surface area contributed by atoms with E-state index in [1.165, 1.54) is 0 Å². The molecule has 53 heavy (non-hydrogen) atoms. The number of hydrogen-bond donors (Lipinski definition) is 4. The van der Waals surface area contributed by atoms with Crippen LogP contribution in [0.15, 0.2) is 66.4 Å². The van der Waals surface area contributed by atoms with Crippen LogP contribution in [0.2, 0.25) is 0 Å². The zero-order chi connectivity index (χ0) is 38.3. The third-order valence-corrected chi connectivity index (χ3v) is 13.6. The molecule has 1 aromatic carbocycles. The fraction of sp³-hybridized carbons (Fsp3) is 0.512. The van der Waals surface area contributed by atoms with Gasteiger partial charge in [0.2, 0.25) is 11.7 Å². The maximum atomic E-state index is 12.4. The minimum absolute atomic E-state index is 0.00620. The van der Waals surface area contributed by atoms with Gasteiger partial charge in [0.05, 0.1) is 11.4 Å². The van der Waals surface area contributed by atoms with Crippen LogP contribution in [0.5, 0.6) is 5.75 Å². The number of fused-ring (bicyclic) bond motifs is 5.